The second-order valence-electron chi connectivity index (χ2n) is 4.34. The zero-order valence-corrected chi connectivity index (χ0v) is 10.3. The molecule has 4 heteroatoms. The lowest BCUT2D eigenvalue weighted by atomic mass is 10.1. The number of carbonyl (C=O) groups excluding carboxylic acids is 1. The normalized spacial score (nSPS) is 10.8. The van der Waals surface area contributed by atoms with Gasteiger partial charge in [-0.3, -0.25) is 14.3 Å². The zero-order chi connectivity index (χ0) is 13.4. The fourth-order valence-corrected chi connectivity index (χ4v) is 2.19. The Kier molecular flexibility index (Phi) is 2.63. The minimum atomic E-state index is -0.391. The highest BCUT2D eigenvalue weighted by atomic mass is 19.1. The standard InChI is InChI=1S/C15H11FN2O/c1-10-5-4-7-13-14(10)11(16)9-18(13)15(19)12-6-2-3-8-17-12/h2-9H,1H3. The van der Waals surface area contributed by atoms with Crippen LogP contribution < -0.4 is 0 Å². The Bertz CT molecular complexity index is 762. The molecular formula is C15H11FN2O. The number of benzene rings is 1. The number of rotatable bonds is 1. The molecule has 0 aliphatic carbocycles. The Morgan fingerprint density at radius 3 is 2.79 bits per heavy atom. The molecule has 0 aliphatic heterocycles. The molecule has 3 rings (SSSR count). The molecule has 0 spiro atoms. The summed E-state index contributed by atoms with van der Waals surface area (Å²) in [4.78, 5) is 16.3. The minimum absolute atomic E-state index is 0.293. The summed E-state index contributed by atoms with van der Waals surface area (Å²) in [5, 5.41) is 0.479. The van der Waals surface area contributed by atoms with Gasteiger partial charge in [0.2, 0.25) is 0 Å². The molecule has 3 nitrogen and oxygen atoms in total. The van der Waals surface area contributed by atoms with Gasteiger partial charge in [-0.25, -0.2) is 4.39 Å². The third-order valence-corrected chi connectivity index (χ3v) is 3.09. The molecule has 0 radical (unpaired) electrons. The van der Waals surface area contributed by atoms with Crippen molar-refractivity contribution in [2.45, 2.75) is 6.92 Å². The number of aryl methyl sites for hydroxylation is 1. The molecule has 0 amide bonds. The highest BCUT2D eigenvalue weighted by Gasteiger charge is 2.16. The number of halogens is 1. The average molecular weight is 254 g/mol. The van der Waals surface area contributed by atoms with E-state index in [1.54, 1.807) is 36.5 Å². The van der Waals surface area contributed by atoms with E-state index in [0.29, 0.717) is 16.6 Å². The first-order chi connectivity index (χ1) is 9.18. The maximum Gasteiger partial charge on any atom is 0.281 e. The Morgan fingerprint density at radius 1 is 1.21 bits per heavy atom. The third kappa shape index (κ3) is 1.81. The summed E-state index contributed by atoms with van der Waals surface area (Å²) in [7, 11) is 0. The van der Waals surface area contributed by atoms with Crippen LogP contribution in [0.15, 0.2) is 48.8 Å². The molecular weight excluding hydrogens is 243 g/mol. The fourth-order valence-electron chi connectivity index (χ4n) is 2.19. The van der Waals surface area contributed by atoms with Crippen LogP contribution in [-0.2, 0) is 0 Å². The van der Waals surface area contributed by atoms with E-state index in [-0.39, 0.29) is 5.91 Å². The fraction of sp³-hybridized carbons (Fsp3) is 0.0667. The number of nitrogens with zero attached hydrogens (tertiary/aromatic N) is 2. The molecule has 3 aromatic rings. The molecule has 2 aromatic heterocycles. The average Bonchev–Trinajstić information content (AvgIpc) is 2.78. The summed E-state index contributed by atoms with van der Waals surface area (Å²) in [6, 6.07) is 10.4. The number of fused-ring (bicyclic) bond motifs is 1. The zero-order valence-electron chi connectivity index (χ0n) is 10.3. The van der Waals surface area contributed by atoms with Crippen LogP contribution in [0.2, 0.25) is 0 Å². The molecule has 0 atom stereocenters. The van der Waals surface area contributed by atoms with Crippen molar-refractivity contribution in [2.24, 2.45) is 0 Å². The van der Waals surface area contributed by atoms with E-state index in [1.807, 2.05) is 13.0 Å². The van der Waals surface area contributed by atoms with Gasteiger partial charge in [0, 0.05) is 17.8 Å². The third-order valence-electron chi connectivity index (χ3n) is 3.09. The van der Waals surface area contributed by atoms with Crippen LogP contribution in [0.1, 0.15) is 16.1 Å². The van der Waals surface area contributed by atoms with Crippen molar-refractivity contribution < 1.29 is 9.18 Å². The second-order valence-corrected chi connectivity index (χ2v) is 4.34. The van der Waals surface area contributed by atoms with Gasteiger partial charge in [-0.15, -0.1) is 0 Å². The Morgan fingerprint density at radius 2 is 2.05 bits per heavy atom. The predicted molar refractivity (Wildman–Crippen MR) is 70.6 cm³/mol. The van der Waals surface area contributed by atoms with Crippen molar-refractivity contribution in [1.29, 1.82) is 0 Å². The largest absolute Gasteiger partial charge is 0.281 e. The number of aromatic nitrogens is 2. The van der Waals surface area contributed by atoms with E-state index in [4.69, 9.17) is 0 Å². The van der Waals surface area contributed by atoms with Crippen LogP contribution in [0, 0.1) is 12.7 Å². The lowest BCUT2D eigenvalue weighted by Gasteiger charge is -2.03. The summed E-state index contributed by atoms with van der Waals surface area (Å²) in [6.07, 6.45) is 2.76. The van der Waals surface area contributed by atoms with Crippen molar-refractivity contribution in [1.82, 2.24) is 9.55 Å². The van der Waals surface area contributed by atoms with Gasteiger partial charge in [-0.2, -0.15) is 0 Å². The van der Waals surface area contributed by atoms with E-state index in [9.17, 15) is 9.18 Å². The maximum atomic E-state index is 14.0. The molecule has 1 aromatic carbocycles. The number of hydrogen-bond donors (Lipinski definition) is 0. The van der Waals surface area contributed by atoms with E-state index >= 15 is 0 Å². The van der Waals surface area contributed by atoms with Gasteiger partial charge >= 0.3 is 0 Å². The second kappa shape index (κ2) is 4.31. The summed E-state index contributed by atoms with van der Waals surface area (Å²) < 4.78 is 15.3. The molecule has 0 aliphatic rings. The number of pyridine rings is 1. The van der Waals surface area contributed by atoms with Crippen molar-refractivity contribution in [3.05, 3.63) is 65.9 Å². The van der Waals surface area contributed by atoms with Gasteiger partial charge in [0.1, 0.15) is 11.5 Å². The van der Waals surface area contributed by atoms with E-state index in [2.05, 4.69) is 4.98 Å². The van der Waals surface area contributed by atoms with Crippen molar-refractivity contribution >= 4 is 16.8 Å². The molecule has 0 saturated carbocycles. The van der Waals surface area contributed by atoms with Crippen molar-refractivity contribution in [3.63, 3.8) is 0 Å². The van der Waals surface area contributed by atoms with Crippen LogP contribution in [0.3, 0.4) is 0 Å². The maximum absolute atomic E-state index is 14.0. The molecule has 19 heavy (non-hydrogen) atoms. The van der Waals surface area contributed by atoms with Gasteiger partial charge in [-0.1, -0.05) is 18.2 Å². The van der Waals surface area contributed by atoms with Crippen molar-refractivity contribution in [3.8, 4) is 0 Å². The van der Waals surface area contributed by atoms with Gasteiger partial charge in [0.05, 0.1) is 5.52 Å². The summed E-state index contributed by atoms with van der Waals surface area (Å²) in [6.45, 7) is 1.82. The van der Waals surface area contributed by atoms with Gasteiger partial charge < -0.3 is 0 Å². The van der Waals surface area contributed by atoms with Gasteiger partial charge in [0.15, 0.2) is 0 Å². The van der Waals surface area contributed by atoms with Crippen molar-refractivity contribution in [2.75, 3.05) is 0 Å². The monoisotopic (exact) mass is 254 g/mol. The highest BCUT2D eigenvalue weighted by molar-refractivity contribution is 6.01. The molecule has 94 valence electrons. The number of carbonyl (C=O) groups is 1. The Labute approximate surface area is 109 Å². The van der Waals surface area contributed by atoms with E-state index in [0.717, 1.165) is 5.56 Å². The Balaban J connectivity index is 2.22. The predicted octanol–water partition coefficient (Wildman–Crippen LogP) is 3.17. The quantitative estimate of drug-likeness (QED) is 0.668. The van der Waals surface area contributed by atoms with E-state index in [1.165, 1.54) is 10.8 Å². The number of hydrogen-bond acceptors (Lipinski definition) is 2. The molecule has 0 unspecified atom stereocenters. The van der Waals surface area contributed by atoms with Crippen LogP contribution in [0.25, 0.3) is 10.9 Å². The topological polar surface area (TPSA) is 34.9 Å². The van der Waals surface area contributed by atoms with Crippen LogP contribution in [0.4, 0.5) is 4.39 Å². The SMILES string of the molecule is Cc1cccc2c1c(F)cn2C(=O)c1ccccn1. The van der Waals surface area contributed by atoms with Crippen LogP contribution >= 0.6 is 0 Å². The molecule has 0 bridgehead atoms. The first-order valence-electron chi connectivity index (χ1n) is 5.90. The molecule has 0 saturated heterocycles. The summed E-state index contributed by atoms with van der Waals surface area (Å²) >= 11 is 0. The van der Waals surface area contributed by atoms with E-state index < -0.39 is 5.82 Å². The lowest BCUT2D eigenvalue weighted by Crippen LogP contribution is -2.12. The molecule has 0 N–H and O–H groups in total. The van der Waals surface area contributed by atoms with Gasteiger partial charge in [0.25, 0.3) is 5.91 Å². The van der Waals surface area contributed by atoms with Gasteiger partial charge in [-0.05, 0) is 30.7 Å². The lowest BCUT2D eigenvalue weighted by molar-refractivity contribution is 0.0959. The van der Waals surface area contributed by atoms with Crippen LogP contribution in [-0.4, -0.2) is 15.5 Å². The molecule has 2 heterocycles. The first kappa shape index (κ1) is 11.6. The van der Waals surface area contributed by atoms with Crippen LogP contribution in [0.5, 0.6) is 0 Å². The minimum Gasteiger partial charge on any atom is -0.279 e. The first-order valence-corrected chi connectivity index (χ1v) is 5.90. The smallest absolute Gasteiger partial charge is 0.279 e. The summed E-state index contributed by atoms with van der Waals surface area (Å²) in [5.41, 5.74) is 1.66. The highest BCUT2D eigenvalue weighted by Crippen LogP contribution is 2.24. The molecule has 0 fully saturated rings. The summed E-state index contributed by atoms with van der Waals surface area (Å²) in [5.74, 6) is -0.725. The Hall–Kier alpha value is -2.49.